The van der Waals surface area contributed by atoms with E-state index in [1.165, 1.54) is 27.8 Å². The summed E-state index contributed by atoms with van der Waals surface area (Å²) in [5.74, 6) is -0.972. The standard InChI is InChI=1S/C23H24N4O5S3/c1-15-4-5-16(35(30,31)27-6-8-32-9-7-27)11-19(15)25-22(29)14-34-23-18(13-24)17(12-21(28)26-23)20-3-2-10-33-20/h2-5,10-11,17H,6-9,12,14H2,1H3,(H,25,29)(H,26,28)/t17-/m1/s1. The number of morpholine rings is 1. The summed E-state index contributed by atoms with van der Waals surface area (Å²) < 4.78 is 32.6. The lowest BCUT2D eigenvalue weighted by atomic mass is 9.93. The number of hydrogen-bond donors (Lipinski definition) is 2. The molecule has 0 aliphatic carbocycles. The molecule has 2 aliphatic rings. The van der Waals surface area contributed by atoms with Gasteiger partial charge >= 0.3 is 0 Å². The predicted octanol–water partition coefficient (Wildman–Crippen LogP) is 2.79. The third kappa shape index (κ3) is 5.76. The first-order chi connectivity index (χ1) is 16.8. The van der Waals surface area contributed by atoms with Crippen molar-refractivity contribution in [1.29, 1.82) is 5.26 Å². The number of carbonyl (C=O) groups is 2. The number of nitrogens with zero attached hydrogens (tertiary/aromatic N) is 2. The number of hydrogen-bond acceptors (Lipinski definition) is 8. The highest BCUT2D eigenvalue weighted by Crippen LogP contribution is 2.37. The minimum absolute atomic E-state index is 0.0577. The van der Waals surface area contributed by atoms with E-state index in [1.807, 2.05) is 17.5 Å². The Kier molecular flexibility index (Phi) is 7.93. The highest BCUT2D eigenvalue weighted by atomic mass is 32.2. The summed E-state index contributed by atoms with van der Waals surface area (Å²) in [5, 5.41) is 17.5. The lowest BCUT2D eigenvalue weighted by Crippen LogP contribution is -2.40. The van der Waals surface area contributed by atoms with Crippen molar-refractivity contribution in [3.8, 4) is 6.07 Å². The van der Waals surface area contributed by atoms with E-state index < -0.39 is 10.0 Å². The molecule has 9 nitrogen and oxygen atoms in total. The summed E-state index contributed by atoms with van der Waals surface area (Å²) in [4.78, 5) is 26.0. The van der Waals surface area contributed by atoms with Crippen LogP contribution < -0.4 is 10.6 Å². The number of allylic oxidation sites excluding steroid dienone is 1. The van der Waals surface area contributed by atoms with Crippen molar-refractivity contribution in [2.24, 2.45) is 0 Å². The van der Waals surface area contributed by atoms with E-state index in [0.29, 0.717) is 35.1 Å². The molecule has 0 unspecified atom stereocenters. The molecule has 2 aliphatic heterocycles. The first kappa shape index (κ1) is 25.4. The highest BCUT2D eigenvalue weighted by Gasteiger charge is 2.31. The van der Waals surface area contributed by atoms with E-state index in [4.69, 9.17) is 4.74 Å². The number of rotatable bonds is 7. The average Bonchev–Trinajstić information content (AvgIpc) is 3.39. The van der Waals surface area contributed by atoms with Gasteiger partial charge in [-0.05, 0) is 36.1 Å². The monoisotopic (exact) mass is 532 g/mol. The smallest absolute Gasteiger partial charge is 0.243 e. The Labute approximate surface area is 212 Å². The molecule has 0 bridgehead atoms. The molecule has 0 spiro atoms. The lowest BCUT2D eigenvalue weighted by molar-refractivity contribution is -0.121. The van der Waals surface area contributed by atoms with Gasteiger partial charge in [0.05, 0.1) is 40.5 Å². The van der Waals surface area contributed by atoms with Crippen molar-refractivity contribution in [3.05, 3.63) is 56.8 Å². The van der Waals surface area contributed by atoms with Crippen molar-refractivity contribution in [2.75, 3.05) is 37.4 Å². The highest BCUT2D eigenvalue weighted by molar-refractivity contribution is 8.03. The first-order valence-electron chi connectivity index (χ1n) is 10.9. The number of anilines is 1. The molecule has 0 radical (unpaired) electrons. The zero-order valence-corrected chi connectivity index (χ0v) is 21.4. The fourth-order valence-corrected chi connectivity index (χ4v) is 6.97. The maximum absolute atomic E-state index is 13.0. The second-order valence-electron chi connectivity index (χ2n) is 8.00. The third-order valence-corrected chi connectivity index (χ3v) is 9.58. The molecule has 1 saturated heterocycles. The topological polar surface area (TPSA) is 129 Å². The average molecular weight is 533 g/mol. The summed E-state index contributed by atoms with van der Waals surface area (Å²) in [6.45, 7) is 3.02. The second-order valence-corrected chi connectivity index (χ2v) is 11.9. The molecule has 2 amide bonds. The predicted molar refractivity (Wildman–Crippen MR) is 134 cm³/mol. The Hall–Kier alpha value is -2.69. The quantitative estimate of drug-likeness (QED) is 0.561. The number of sulfonamides is 1. The van der Waals surface area contributed by atoms with Gasteiger partial charge in [0.2, 0.25) is 21.8 Å². The molecule has 4 rings (SSSR count). The largest absolute Gasteiger partial charge is 0.379 e. The molecular formula is C23H24N4O5S3. The number of carbonyl (C=O) groups excluding carboxylic acids is 2. The van der Waals surface area contributed by atoms with Gasteiger partial charge in [-0.15, -0.1) is 11.3 Å². The summed E-state index contributed by atoms with van der Waals surface area (Å²) in [6, 6.07) is 10.6. The maximum Gasteiger partial charge on any atom is 0.243 e. The zero-order chi connectivity index (χ0) is 25.0. The van der Waals surface area contributed by atoms with Crippen molar-refractivity contribution in [2.45, 2.75) is 24.2 Å². The van der Waals surface area contributed by atoms with E-state index in [9.17, 15) is 23.3 Å². The van der Waals surface area contributed by atoms with Crippen LogP contribution in [-0.4, -0.2) is 56.6 Å². The molecule has 3 heterocycles. The fourth-order valence-electron chi connectivity index (χ4n) is 3.82. The molecule has 2 N–H and O–H groups in total. The number of amides is 2. The number of thioether (sulfide) groups is 1. The summed E-state index contributed by atoms with van der Waals surface area (Å²) in [6.07, 6.45) is 0.184. The number of ether oxygens (including phenoxy) is 1. The maximum atomic E-state index is 13.0. The Balaban J connectivity index is 1.47. The van der Waals surface area contributed by atoms with Crippen LogP contribution in [0.2, 0.25) is 0 Å². The van der Waals surface area contributed by atoms with Crippen molar-refractivity contribution in [1.82, 2.24) is 9.62 Å². The minimum Gasteiger partial charge on any atom is -0.379 e. The second kappa shape index (κ2) is 10.9. The lowest BCUT2D eigenvalue weighted by Gasteiger charge is -2.26. The van der Waals surface area contributed by atoms with Gasteiger partial charge in [0.25, 0.3) is 0 Å². The molecule has 1 atom stereocenters. The van der Waals surface area contributed by atoms with Gasteiger partial charge in [-0.1, -0.05) is 23.9 Å². The van der Waals surface area contributed by atoms with Gasteiger partial charge in [-0.3, -0.25) is 9.59 Å². The van der Waals surface area contributed by atoms with E-state index in [2.05, 4.69) is 16.7 Å². The fraction of sp³-hybridized carbons (Fsp3) is 0.348. The SMILES string of the molecule is Cc1ccc(S(=O)(=O)N2CCOCC2)cc1NC(=O)CSC1=C(C#N)[C@H](c2cccs2)CC(=O)N1. The molecule has 2 aromatic rings. The summed E-state index contributed by atoms with van der Waals surface area (Å²) in [5.41, 5.74) is 1.54. The minimum atomic E-state index is -3.70. The molecule has 1 aromatic heterocycles. The van der Waals surface area contributed by atoms with Crippen LogP contribution in [0.5, 0.6) is 0 Å². The Bertz CT molecular complexity index is 1290. The van der Waals surface area contributed by atoms with E-state index in [1.54, 1.807) is 13.0 Å². The van der Waals surface area contributed by atoms with Gasteiger partial charge < -0.3 is 15.4 Å². The molecule has 12 heteroatoms. The van der Waals surface area contributed by atoms with E-state index in [-0.39, 0.29) is 47.9 Å². The molecule has 1 aromatic carbocycles. The van der Waals surface area contributed by atoms with Crippen LogP contribution in [0.25, 0.3) is 0 Å². The van der Waals surface area contributed by atoms with E-state index >= 15 is 0 Å². The molecule has 1 fully saturated rings. The Morgan fingerprint density at radius 2 is 2.11 bits per heavy atom. The Morgan fingerprint density at radius 3 is 2.80 bits per heavy atom. The zero-order valence-electron chi connectivity index (χ0n) is 18.9. The first-order valence-corrected chi connectivity index (χ1v) is 14.2. The summed E-state index contributed by atoms with van der Waals surface area (Å²) in [7, 11) is -3.70. The van der Waals surface area contributed by atoms with Gasteiger partial charge in [0, 0.05) is 36.0 Å². The number of thiophene rings is 1. The van der Waals surface area contributed by atoms with Crippen LogP contribution in [0.15, 0.2) is 51.2 Å². The van der Waals surface area contributed by atoms with Crippen molar-refractivity contribution < 1.29 is 22.7 Å². The number of aryl methyl sites for hydroxylation is 1. The van der Waals surface area contributed by atoms with Crippen LogP contribution in [0.1, 0.15) is 22.8 Å². The normalized spacial score (nSPS) is 19.2. The van der Waals surface area contributed by atoms with Gasteiger partial charge in [0.1, 0.15) is 0 Å². The van der Waals surface area contributed by atoms with E-state index in [0.717, 1.165) is 16.6 Å². The van der Waals surface area contributed by atoms with Gasteiger partial charge in [-0.25, -0.2) is 8.42 Å². The van der Waals surface area contributed by atoms with Crippen LogP contribution in [0.3, 0.4) is 0 Å². The molecule has 35 heavy (non-hydrogen) atoms. The van der Waals surface area contributed by atoms with Crippen LogP contribution in [0.4, 0.5) is 5.69 Å². The number of benzene rings is 1. The number of nitriles is 1. The molecular weight excluding hydrogens is 508 g/mol. The van der Waals surface area contributed by atoms with Crippen molar-refractivity contribution in [3.63, 3.8) is 0 Å². The van der Waals surface area contributed by atoms with Crippen LogP contribution >= 0.6 is 23.1 Å². The van der Waals surface area contributed by atoms with Crippen LogP contribution in [0, 0.1) is 18.3 Å². The van der Waals surface area contributed by atoms with Crippen molar-refractivity contribution >= 4 is 50.6 Å². The summed E-state index contributed by atoms with van der Waals surface area (Å²) >= 11 is 2.56. The third-order valence-electron chi connectivity index (χ3n) is 5.68. The van der Waals surface area contributed by atoms with Gasteiger partial charge in [-0.2, -0.15) is 9.57 Å². The number of nitrogens with one attached hydrogen (secondary N) is 2. The van der Waals surface area contributed by atoms with Gasteiger partial charge in [0.15, 0.2) is 0 Å². The molecule has 0 saturated carbocycles. The molecule has 184 valence electrons. The van der Waals surface area contributed by atoms with Crippen LogP contribution in [-0.2, 0) is 24.3 Å². The Morgan fingerprint density at radius 1 is 1.34 bits per heavy atom.